The van der Waals surface area contributed by atoms with Crippen LogP contribution in [-0.4, -0.2) is 19.7 Å². The van der Waals surface area contributed by atoms with Crippen LogP contribution in [-0.2, 0) is 7.05 Å². The molecule has 2 heterocycles. The van der Waals surface area contributed by atoms with Gasteiger partial charge in [-0.15, -0.1) is 0 Å². The second-order valence-electron chi connectivity index (χ2n) is 6.15. The molecular formula is C21H19N5OS. The van der Waals surface area contributed by atoms with Crippen LogP contribution in [0.2, 0.25) is 0 Å². The molecule has 0 atom stereocenters. The van der Waals surface area contributed by atoms with Crippen molar-refractivity contribution >= 4 is 17.9 Å². The van der Waals surface area contributed by atoms with Gasteiger partial charge < -0.3 is 4.74 Å². The van der Waals surface area contributed by atoms with Gasteiger partial charge in [0, 0.05) is 24.9 Å². The molecule has 0 amide bonds. The van der Waals surface area contributed by atoms with Gasteiger partial charge in [-0.25, -0.2) is 4.98 Å². The summed E-state index contributed by atoms with van der Waals surface area (Å²) < 4.78 is 10.9. The molecule has 0 aliphatic rings. The Morgan fingerprint density at radius 3 is 2.36 bits per heavy atom. The predicted octanol–water partition coefficient (Wildman–Crippen LogP) is 5.10. The van der Waals surface area contributed by atoms with Crippen LogP contribution >= 0.6 is 11.9 Å². The Morgan fingerprint density at radius 2 is 1.68 bits per heavy atom. The Kier molecular flexibility index (Phi) is 5.25. The maximum absolute atomic E-state index is 5.94. The van der Waals surface area contributed by atoms with Crippen molar-refractivity contribution < 1.29 is 4.74 Å². The first-order chi connectivity index (χ1) is 13.7. The molecule has 2 aromatic carbocycles. The highest BCUT2D eigenvalue weighted by Crippen LogP contribution is 2.28. The second kappa shape index (κ2) is 8.14. The second-order valence-corrected chi connectivity index (χ2v) is 7.00. The van der Waals surface area contributed by atoms with Gasteiger partial charge in [-0.2, -0.15) is 10.1 Å². The molecule has 0 aliphatic heterocycles. The van der Waals surface area contributed by atoms with Gasteiger partial charge in [-0.1, -0.05) is 48.5 Å². The standard InChI is InChI=1S/C21H19N5OS/c1-15-19(14-26(2)24-15)28-25-21-22-18(16-9-5-3-6-10-16)13-20(23-21)27-17-11-7-4-8-12-17/h3-14H,1-2H3,(H,22,23,25). The number of aromatic nitrogens is 4. The van der Waals surface area contributed by atoms with Crippen molar-refractivity contribution in [3.05, 3.63) is 78.6 Å². The maximum Gasteiger partial charge on any atom is 0.237 e. The zero-order valence-corrected chi connectivity index (χ0v) is 16.4. The van der Waals surface area contributed by atoms with Crippen molar-refractivity contribution in [1.29, 1.82) is 0 Å². The Labute approximate surface area is 167 Å². The van der Waals surface area contributed by atoms with Crippen molar-refractivity contribution in [2.75, 3.05) is 4.72 Å². The van der Waals surface area contributed by atoms with Crippen molar-refractivity contribution in [2.24, 2.45) is 7.05 Å². The SMILES string of the molecule is Cc1nn(C)cc1SNc1nc(Oc2ccccc2)cc(-c2ccccc2)n1. The molecule has 4 rings (SSSR count). The summed E-state index contributed by atoms with van der Waals surface area (Å²) in [5.74, 6) is 1.67. The van der Waals surface area contributed by atoms with Crippen LogP contribution in [0.25, 0.3) is 11.3 Å². The first-order valence-electron chi connectivity index (χ1n) is 8.78. The maximum atomic E-state index is 5.94. The number of para-hydroxylation sites is 1. The molecule has 7 heteroatoms. The number of hydrogen-bond acceptors (Lipinski definition) is 6. The summed E-state index contributed by atoms with van der Waals surface area (Å²) >= 11 is 1.43. The van der Waals surface area contributed by atoms with Gasteiger partial charge in [0.25, 0.3) is 0 Å². The number of nitrogens with zero attached hydrogens (tertiary/aromatic N) is 4. The quantitative estimate of drug-likeness (QED) is 0.463. The number of rotatable bonds is 6. The molecule has 0 saturated carbocycles. The van der Waals surface area contributed by atoms with Crippen LogP contribution in [0, 0.1) is 6.92 Å². The lowest BCUT2D eigenvalue weighted by atomic mass is 10.1. The summed E-state index contributed by atoms with van der Waals surface area (Å²) in [5.41, 5.74) is 2.72. The molecule has 2 aromatic heterocycles. The zero-order chi connectivity index (χ0) is 19.3. The van der Waals surface area contributed by atoms with E-state index in [1.54, 1.807) is 4.68 Å². The van der Waals surface area contributed by atoms with Crippen molar-refractivity contribution in [3.8, 4) is 22.9 Å². The summed E-state index contributed by atoms with van der Waals surface area (Å²) in [5, 5.41) is 4.35. The van der Waals surface area contributed by atoms with E-state index in [9.17, 15) is 0 Å². The largest absolute Gasteiger partial charge is 0.439 e. The topological polar surface area (TPSA) is 64.9 Å². The van der Waals surface area contributed by atoms with E-state index >= 15 is 0 Å². The average molecular weight is 389 g/mol. The van der Waals surface area contributed by atoms with Crippen molar-refractivity contribution in [2.45, 2.75) is 11.8 Å². The molecule has 0 radical (unpaired) electrons. The minimum atomic E-state index is 0.473. The fraction of sp³-hybridized carbons (Fsp3) is 0.0952. The molecule has 0 unspecified atom stereocenters. The summed E-state index contributed by atoms with van der Waals surface area (Å²) in [7, 11) is 1.90. The Balaban J connectivity index is 1.64. The molecule has 0 fully saturated rings. The van der Waals surface area contributed by atoms with E-state index in [2.05, 4.69) is 19.8 Å². The number of aryl methyl sites for hydroxylation is 2. The van der Waals surface area contributed by atoms with Gasteiger partial charge >= 0.3 is 0 Å². The Hall–Kier alpha value is -3.32. The molecule has 4 aromatic rings. The van der Waals surface area contributed by atoms with E-state index in [4.69, 9.17) is 4.74 Å². The van der Waals surface area contributed by atoms with E-state index in [1.165, 1.54) is 11.9 Å². The van der Waals surface area contributed by atoms with Crippen LogP contribution in [0.5, 0.6) is 11.6 Å². The lowest BCUT2D eigenvalue weighted by Gasteiger charge is -2.10. The highest BCUT2D eigenvalue weighted by molar-refractivity contribution is 8.00. The lowest BCUT2D eigenvalue weighted by molar-refractivity contribution is 0.463. The normalized spacial score (nSPS) is 10.6. The molecule has 1 N–H and O–H groups in total. The average Bonchev–Trinajstić information content (AvgIpc) is 3.05. The third-order valence-electron chi connectivity index (χ3n) is 3.96. The zero-order valence-electron chi connectivity index (χ0n) is 15.5. The van der Waals surface area contributed by atoms with E-state index in [1.807, 2.05) is 86.9 Å². The summed E-state index contributed by atoms with van der Waals surface area (Å²) in [4.78, 5) is 10.2. The first-order valence-corrected chi connectivity index (χ1v) is 9.59. The number of hydrogen-bond donors (Lipinski definition) is 1. The number of benzene rings is 2. The van der Waals surface area contributed by atoms with Crippen LogP contribution in [0.1, 0.15) is 5.69 Å². The summed E-state index contributed by atoms with van der Waals surface area (Å²) in [6.45, 7) is 1.97. The van der Waals surface area contributed by atoms with E-state index < -0.39 is 0 Å². The molecule has 6 nitrogen and oxygen atoms in total. The summed E-state index contributed by atoms with van der Waals surface area (Å²) in [6, 6.07) is 21.4. The van der Waals surface area contributed by atoms with Crippen molar-refractivity contribution in [3.63, 3.8) is 0 Å². The predicted molar refractivity (Wildman–Crippen MR) is 111 cm³/mol. The summed E-state index contributed by atoms with van der Waals surface area (Å²) in [6.07, 6.45) is 1.95. The molecule has 0 saturated heterocycles. The first kappa shape index (κ1) is 18.1. The van der Waals surface area contributed by atoms with Gasteiger partial charge in [0.15, 0.2) is 0 Å². The molecule has 0 spiro atoms. The molecule has 0 bridgehead atoms. The fourth-order valence-corrected chi connectivity index (χ4v) is 3.35. The van der Waals surface area contributed by atoms with E-state index in [0.717, 1.165) is 27.6 Å². The fourth-order valence-electron chi connectivity index (χ4n) is 2.67. The molecule has 140 valence electrons. The minimum Gasteiger partial charge on any atom is -0.439 e. The third-order valence-corrected chi connectivity index (χ3v) is 4.86. The third kappa shape index (κ3) is 4.32. The monoisotopic (exact) mass is 389 g/mol. The van der Waals surface area contributed by atoms with E-state index in [-0.39, 0.29) is 0 Å². The smallest absolute Gasteiger partial charge is 0.237 e. The van der Waals surface area contributed by atoms with Crippen LogP contribution in [0.4, 0.5) is 5.95 Å². The number of anilines is 1. The van der Waals surface area contributed by atoms with Gasteiger partial charge in [-0.05, 0) is 31.0 Å². The van der Waals surface area contributed by atoms with Crippen LogP contribution in [0.15, 0.2) is 77.8 Å². The molecular weight excluding hydrogens is 370 g/mol. The number of nitrogens with one attached hydrogen (secondary N) is 1. The van der Waals surface area contributed by atoms with Crippen molar-refractivity contribution in [1.82, 2.24) is 19.7 Å². The highest BCUT2D eigenvalue weighted by atomic mass is 32.2. The van der Waals surface area contributed by atoms with E-state index in [0.29, 0.717) is 11.8 Å². The highest BCUT2D eigenvalue weighted by Gasteiger charge is 2.10. The Morgan fingerprint density at radius 1 is 0.964 bits per heavy atom. The van der Waals surface area contributed by atoms with Gasteiger partial charge in [0.1, 0.15) is 5.75 Å². The minimum absolute atomic E-state index is 0.473. The van der Waals surface area contributed by atoms with Crippen LogP contribution < -0.4 is 9.46 Å². The van der Waals surface area contributed by atoms with Gasteiger partial charge in [-0.3, -0.25) is 9.40 Å². The Bertz CT molecular complexity index is 1070. The number of ether oxygens (including phenoxy) is 1. The molecule has 0 aliphatic carbocycles. The van der Waals surface area contributed by atoms with Gasteiger partial charge in [0.05, 0.1) is 16.3 Å². The van der Waals surface area contributed by atoms with Crippen LogP contribution in [0.3, 0.4) is 0 Å². The molecule has 28 heavy (non-hydrogen) atoms. The lowest BCUT2D eigenvalue weighted by Crippen LogP contribution is -1.99. The van der Waals surface area contributed by atoms with Gasteiger partial charge in [0.2, 0.25) is 11.8 Å².